The Hall–Kier alpha value is -1.77. The lowest BCUT2D eigenvalue weighted by molar-refractivity contribution is -0.229. The molecule has 7 nitrogen and oxygen atoms in total. The van der Waals surface area contributed by atoms with E-state index in [1.165, 1.54) is 6.08 Å². The predicted molar refractivity (Wildman–Crippen MR) is 99.6 cm³/mol. The van der Waals surface area contributed by atoms with Crippen LogP contribution in [-0.4, -0.2) is 55.2 Å². The summed E-state index contributed by atoms with van der Waals surface area (Å²) in [5, 5.41) is 0. The molecule has 0 N–H and O–H groups in total. The van der Waals surface area contributed by atoms with Gasteiger partial charge in [0.25, 0.3) is 0 Å². The molecule has 0 aromatic heterocycles. The second-order valence-electron chi connectivity index (χ2n) is 8.10. The van der Waals surface area contributed by atoms with Crippen molar-refractivity contribution in [3.05, 3.63) is 35.9 Å². The van der Waals surface area contributed by atoms with Crippen molar-refractivity contribution in [3.63, 3.8) is 0 Å². The highest BCUT2D eigenvalue weighted by Gasteiger charge is 2.61. The first kappa shape index (κ1) is 19.5. The van der Waals surface area contributed by atoms with Gasteiger partial charge in [0.15, 0.2) is 29.8 Å². The zero-order chi connectivity index (χ0) is 20.1. The second-order valence-corrected chi connectivity index (χ2v) is 8.10. The lowest BCUT2D eigenvalue weighted by Gasteiger charge is -2.36. The van der Waals surface area contributed by atoms with Crippen LogP contribution in [0.25, 0.3) is 6.08 Å². The van der Waals surface area contributed by atoms with E-state index in [-0.39, 0.29) is 5.78 Å². The molecule has 3 heterocycles. The first-order valence-corrected chi connectivity index (χ1v) is 9.40. The van der Waals surface area contributed by atoms with Gasteiger partial charge in [-0.05, 0) is 51.5 Å². The zero-order valence-corrected chi connectivity index (χ0v) is 16.7. The topological polar surface area (TPSA) is 72.5 Å². The van der Waals surface area contributed by atoms with Crippen LogP contribution in [0.15, 0.2) is 30.3 Å². The van der Waals surface area contributed by atoms with Gasteiger partial charge in [-0.3, -0.25) is 4.79 Å². The Morgan fingerprint density at radius 1 is 0.929 bits per heavy atom. The number of hydrogen-bond donors (Lipinski definition) is 0. The van der Waals surface area contributed by atoms with Gasteiger partial charge in [-0.15, -0.1) is 0 Å². The third-order valence-electron chi connectivity index (χ3n) is 4.99. The van der Waals surface area contributed by atoms with Crippen LogP contribution in [0.3, 0.4) is 0 Å². The van der Waals surface area contributed by atoms with Gasteiger partial charge < -0.3 is 28.4 Å². The standard InChI is InChI=1S/C21H26O7/c1-20(2)25-16-15(14(22)11-8-12-6-9-13(23-5)10-7-12)24-19-18(17(16)26-20)27-21(3,4)28-19/h6-11,15-19H,1-5H3/b11-8+/t15-,16+,17+,18-,19-/m1/s1. The van der Waals surface area contributed by atoms with Gasteiger partial charge in [-0.2, -0.15) is 0 Å². The molecule has 0 bridgehead atoms. The molecule has 4 rings (SSSR count). The molecule has 0 spiro atoms. The summed E-state index contributed by atoms with van der Waals surface area (Å²) in [5.74, 6) is -1.10. The Balaban J connectivity index is 1.54. The van der Waals surface area contributed by atoms with Gasteiger partial charge in [0.2, 0.25) is 0 Å². The third-order valence-corrected chi connectivity index (χ3v) is 4.99. The Labute approximate surface area is 164 Å². The molecule has 3 aliphatic heterocycles. The highest BCUT2D eigenvalue weighted by Crippen LogP contribution is 2.44. The number of methoxy groups -OCH3 is 1. The van der Waals surface area contributed by atoms with Gasteiger partial charge in [0.05, 0.1) is 7.11 Å². The van der Waals surface area contributed by atoms with Gasteiger partial charge in [-0.25, -0.2) is 0 Å². The molecule has 28 heavy (non-hydrogen) atoms. The first-order valence-electron chi connectivity index (χ1n) is 9.40. The van der Waals surface area contributed by atoms with Crippen LogP contribution in [0.5, 0.6) is 5.75 Å². The van der Waals surface area contributed by atoms with Crippen LogP contribution >= 0.6 is 0 Å². The fraction of sp³-hybridized carbons (Fsp3) is 0.571. The van der Waals surface area contributed by atoms with E-state index in [2.05, 4.69) is 0 Å². The summed E-state index contributed by atoms with van der Waals surface area (Å²) in [5.41, 5.74) is 0.880. The van der Waals surface area contributed by atoms with Crippen molar-refractivity contribution in [2.45, 2.75) is 70.0 Å². The molecular formula is C21H26O7. The summed E-state index contributed by atoms with van der Waals surface area (Å²) in [7, 11) is 1.61. The molecule has 0 amide bonds. The Morgan fingerprint density at radius 2 is 1.54 bits per heavy atom. The lowest BCUT2D eigenvalue weighted by Crippen LogP contribution is -2.57. The third kappa shape index (κ3) is 3.73. The predicted octanol–water partition coefficient (Wildman–Crippen LogP) is 2.67. The number of rotatable bonds is 4. The molecule has 5 atom stereocenters. The summed E-state index contributed by atoms with van der Waals surface area (Å²) < 4.78 is 34.9. The van der Waals surface area contributed by atoms with Crippen molar-refractivity contribution in [2.75, 3.05) is 7.11 Å². The SMILES string of the molecule is COc1ccc(/C=C/C(=O)[C@H]2O[C@@H]3OC(C)(C)O[C@@H]3[C@H]3OC(C)(C)O[C@H]32)cc1. The van der Waals surface area contributed by atoms with E-state index in [0.717, 1.165) is 11.3 Å². The summed E-state index contributed by atoms with van der Waals surface area (Å²) >= 11 is 0. The van der Waals surface area contributed by atoms with Crippen molar-refractivity contribution >= 4 is 11.9 Å². The van der Waals surface area contributed by atoms with E-state index in [1.807, 2.05) is 52.0 Å². The van der Waals surface area contributed by atoms with Crippen molar-refractivity contribution in [1.82, 2.24) is 0 Å². The van der Waals surface area contributed by atoms with Crippen molar-refractivity contribution < 1.29 is 33.2 Å². The number of carbonyl (C=O) groups excluding carboxylic acids is 1. The molecule has 152 valence electrons. The fourth-order valence-electron chi connectivity index (χ4n) is 3.83. The van der Waals surface area contributed by atoms with Crippen LogP contribution < -0.4 is 4.74 Å². The average molecular weight is 390 g/mol. The van der Waals surface area contributed by atoms with Crippen molar-refractivity contribution in [1.29, 1.82) is 0 Å². The largest absolute Gasteiger partial charge is 0.497 e. The number of ketones is 1. The molecule has 0 radical (unpaired) electrons. The highest BCUT2D eigenvalue weighted by molar-refractivity contribution is 5.97. The van der Waals surface area contributed by atoms with Crippen LogP contribution in [-0.2, 0) is 28.5 Å². The molecular weight excluding hydrogens is 364 g/mol. The Kier molecular flexibility index (Phi) is 4.84. The minimum Gasteiger partial charge on any atom is -0.497 e. The van der Waals surface area contributed by atoms with Crippen LogP contribution in [0.2, 0.25) is 0 Å². The summed E-state index contributed by atoms with van der Waals surface area (Å²) in [6.45, 7) is 7.25. The number of ether oxygens (including phenoxy) is 6. The van der Waals surface area contributed by atoms with E-state index in [4.69, 9.17) is 28.4 Å². The maximum absolute atomic E-state index is 12.9. The summed E-state index contributed by atoms with van der Waals surface area (Å²) in [6, 6.07) is 7.42. The second kappa shape index (κ2) is 6.93. The normalized spacial score (nSPS) is 35.5. The molecule has 3 fully saturated rings. The summed E-state index contributed by atoms with van der Waals surface area (Å²) in [6.07, 6.45) is 0.261. The van der Waals surface area contributed by atoms with Gasteiger partial charge in [0.1, 0.15) is 24.1 Å². The minimum atomic E-state index is -0.833. The Morgan fingerprint density at radius 3 is 2.21 bits per heavy atom. The molecule has 0 unspecified atom stereocenters. The van der Waals surface area contributed by atoms with Crippen LogP contribution in [0, 0.1) is 0 Å². The van der Waals surface area contributed by atoms with Crippen molar-refractivity contribution in [2.24, 2.45) is 0 Å². The smallest absolute Gasteiger partial charge is 0.190 e. The van der Waals surface area contributed by atoms with E-state index < -0.39 is 42.3 Å². The molecule has 3 aliphatic rings. The molecule has 1 aromatic rings. The molecule has 7 heteroatoms. The maximum Gasteiger partial charge on any atom is 0.190 e. The first-order chi connectivity index (χ1) is 13.2. The van der Waals surface area contributed by atoms with E-state index >= 15 is 0 Å². The van der Waals surface area contributed by atoms with Gasteiger partial charge in [-0.1, -0.05) is 18.2 Å². The zero-order valence-electron chi connectivity index (χ0n) is 16.7. The number of fused-ring (bicyclic) bond motifs is 3. The number of hydrogen-bond acceptors (Lipinski definition) is 7. The average Bonchev–Trinajstić information content (AvgIpc) is 3.13. The quantitative estimate of drug-likeness (QED) is 0.732. The Bertz CT molecular complexity index is 767. The molecule has 0 saturated carbocycles. The van der Waals surface area contributed by atoms with Crippen LogP contribution in [0.1, 0.15) is 33.3 Å². The van der Waals surface area contributed by atoms with Crippen LogP contribution in [0.4, 0.5) is 0 Å². The van der Waals surface area contributed by atoms with Gasteiger partial charge in [0, 0.05) is 0 Å². The molecule has 1 aromatic carbocycles. The monoisotopic (exact) mass is 390 g/mol. The van der Waals surface area contributed by atoms with Crippen molar-refractivity contribution in [3.8, 4) is 5.75 Å². The maximum atomic E-state index is 12.9. The molecule has 3 saturated heterocycles. The minimum absolute atomic E-state index is 0.209. The summed E-state index contributed by atoms with van der Waals surface area (Å²) in [4.78, 5) is 12.9. The highest BCUT2D eigenvalue weighted by atomic mass is 16.9. The lowest BCUT2D eigenvalue weighted by atomic mass is 9.96. The van der Waals surface area contributed by atoms with E-state index in [9.17, 15) is 4.79 Å². The fourth-order valence-corrected chi connectivity index (χ4v) is 3.83. The molecule has 0 aliphatic carbocycles. The van der Waals surface area contributed by atoms with E-state index in [1.54, 1.807) is 13.2 Å². The number of carbonyl (C=O) groups is 1. The number of benzene rings is 1. The van der Waals surface area contributed by atoms with E-state index in [0.29, 0.717) is 0 Å². The van der Waals surface area contributed by atoms with Gasteiger partial charge >= 0.3 is 0 Å².